The SMILES string of the molecule is CCC(C)(C)n1c(CCCl)nc2c(OC(C)C)cccc21. The van der Waals surface area contributed by atoms with E-state index in [1.54, 1.807) is 0 Å². The molecule has 0 bridgehead atoms. The summed E-state index contributed by atoms with van der Waals surface area (Å²) in [5.74, 6) is 2.46. The van der Waals surface area contributed by atoms with Crippen LogP contribution in [0.1, 0.15) is 46.9 Å². The molecule has 0 aliphatic carbocycles. The molecule has 4 heteroatoms. The molecule has 2 rings (SSSR count). The van der Waals surface area contributed by atoms with Crippen molar-refractivity contribution in [2.24, 2.45) is 0 Å². The Kier molecular flexibility index (Phi) is 4.82. The lowest BCUT2D eigenvalue weighted by Crippen LogP contribution is -2.27. The predicted molar refractivity (Wildman–Crippen MR) is 89.5 cm³/mol. The first kappa shape index (κ1) is 16.2. The van der Waals surface area contributed by atoms with E-state index in [9.17, 15) is 0 Å². The van der Waals surface area contributed by atoms with Crippen molar-refractivity contribution in [1.82, 2.24) is 9.55 Å². The molecule has 0 fully saturated rings. The molecule has 0 radical (unpaired) electrons. The van der Waals surface area contributed by atoms with Gasteiger partial charge in [0.25, 0.3) is 0 Å². The van der Waals surface area contributed by atoms with Crippen molar-refractivity contribution >= 4 is 22.6 Å². The summed E-state index contributed by atoms with van der Waals surface area (Å²) < 4.78 is 8.23. The number of benzene rings is 1. The summed E-state index contributed by atoms with van der Waals surface area (Å²) in [6.45, 7) is 10.7. The third kappa shape index (κ3) is 3.18. The van der Waals surface area contributed by atoms with Gasteiger partial charge in [-0.2, -0.15) is 0 Å². The highest BCUT2D eigenvalue weighted by Gasteiger charge is 2.25. The summed E-state index contributed by atoms with van der Waals surface area (Å²) >= 11 is 5.97. The zero-order valence-corrected chi connectivity index (χ0v) is 14.4. The Bertz CT molecular complexity index is 617. The number of aryl methyl sites for hydroxylation is 1. The lowest BCUT2D eigenvalue weighted by atomic mass is 10.0. The molecular formula is C17H25ClN2O. The van der Waals surface area contributed by atoms with Crippen molar-refractivity contribution in [3.63, 3.8) is 0 Å². The van der Waals surface area contributed by atoms with Gasteiger partial charge in [0.15, 0.2) is 0 Å². The maximum Gasteiger partial charge on any atom is 0.147 e. The van der Waals surface area contributed by atoms with Gasteiger partial charge in [0.05, 0.1) is 11.6 Å². The van der Waals surface area contributed by atoms with Crippen LogP contribution in [0.15, 0.2) is 18.2 Å². The largest absolute Gasteiger partial charge is 0.489 e. The summed E-state index contributed by atoms with van der Waals surface area (Å²) in [5, 5.41) is 0. The van der Waals surface area contributed by atoms with E-state index in [1.165, 1.54) is 0 Å². The van der Waals surface area contributed by atoms with Crippen LogP contribution in [0.3, 0.4) is 0 Å². The average molecular weight is 309 g/mol. The first-order valence-corrected chi connectivity index (χ1v) is 8.17. The third-order valence-corrected chi connectivity index (χ3v) is 4.06. The molecule has 3 nitrogen and oxygen atoms in total. The van der Waals surface area contributed by atoms with Crippen molar-refractivity contribution in [3.8, 4) is 5.75 Å². The Morgan fingerprint density at radius 3 is 2.62 bits per heavy atom. The molecule has 0 saturated heterocycles. The van der Waals surface area contributed by atoms with Gasteiger partial charge in [-0.05, 0) is 46.2 Å². The molecule has 0 aliphatic heterocycles. The Morgan fingerprint density at radius 1 is 1.33 bits per heavy atom. The standard InChI is InChI=1S/C17H25ClN2O/c1-6-17(4,5)20-13-8-7-9-14(21-12(2)3)16(13)19-15(20)10-11-18/h7-9,12H,6,10-11H2,1-5H3. The lowest BCUT2D eigenvalue weighted by molar-refractivity contribution is 0.245. The highest BCUT2D eigenvalue weighted by Crippen LogP contribution is 2.33. The molecule has 0 amide bonds. The molecule has 0 atom stereocenters. The van der Waals surface area contributed by atoms with Crippen LogP contribution < -0.4 is 4.74 Å². The van der Waals surface area contributed by atoms with Crippen molar-refractivity contribution in [3.05, 3.63) is 24.0 Å². The minimum absolute atomic E-state index is 0.00654. The molecule has 0 N–H and O–H groups in total. The topological polar surface area (TPSA) is 27.1 Å². The van der Waals surface area contributed by atoms with Crippen molar-refractivity contribution in [1.29, 1.82) is 0 Å². The van der Waals surface area contributed by atoms with E-state index in [0.29, 0.717) is 5.88 Å². The lowest BCUT2D eigenvalue weighted by Gasteiger charge is -2.28. The minimum atomic E-state index is 0.00654. The maximum absolute atomic E-state index is 5.97. The van der Waals surface area contributed by atoms with Crippen LogP contribution in [0.4, 0.5) is 0 Å². The zero-order chi connectivity index (χ0) is 15.6. The van der Waals surface area contributed by atoms with Gasteiger partial charge in [-0.25, -0.2) is 4.98 Å². The second-order valence-corrected chi connectivity index (χ2v) is 6.64. The van der Waals surface area contributed by atoms with E-state index in [1.807, 2.05) is 26.0 Å². The van der Waals surface area contributed by atoms with E-state index < -0.39 is 0 Å². The number of nitrogens with zero attached hydrogens (tertiary/aromatic N) is 2. The summed E-state index contributed by atoms with van der Waals surface area (Å²) in [4.78, 5) is 4.82. The number of fused-ring (bicyclic) bond motifs is 1. The number of imidazole rings is 1. The van der Waals surface area contributed by atoms with Crippen LogP contribution in [-0.2, 0) is 12.0 Å². The van der Waals surface area contributed by atoms with Gasteiger partial charge >= 0.3 is 0 Å². The molecule has 0 aliphatic rings. The van der Waals surface area contributed by atoms with Gasteiger partial charge in [-0.15, -0.1) is 11.6 Å². The van der Waals surface area contributed by atoms with Crippen molar-refractivity contribution < 1.29 is 4.74 Å². The van der Waals surface area contributed by atoms with E-state index >= 15 is 0 Å². The fraction of sp³-hybridized carbons (Fsp3) is 0.588. The smallest absolute Gasteiger partial charge is 0.147 e. The highest BCUT2D eigenvalue weighted by molar-refractivity contribution is 6.17. The van der Waals surface area contributed by atoms with Gasteiger partial charge < -0.3 is 9.30 Å². The fourth-order valence-electron chi connectivity index (χ4n) is 2.56. The second kappa shape index (κ2) is 6.27. The van der Waals surface area contributed by atoms with Crippen molar-refractivity contribution in [2.45, 2.75) is 59.1 Å². The summed E-state index contributed by atoms with van der Waals surface area (Å²) in [6, 6.07) is 6.14. The van der Waals surface area contributed by atoms with Crippen LogP contribution >= 0.6 is 11.6 Å². The first-order valence-electron chi connectivity index (χ1n) is 7.64. The minimum Gasteiger partial charge on any atom is -0.489 e. The number of halogens is 1. The van der Waals surface area contributed by atoms with Crippen LogP contribution in [0.5, 0.6) is 5.75 Å². The first-order chi connectivity index (χ1) is 9.90. The van der Waals surface area contributed by atoms with E-state index in [-0.39, 0.29) is 11.6 Å². The van der Waals surface area contributed by atoms with Gasteiger partial charge in [-0.1, -0.05) is 13.0 Å². The van der Waals surface area contributed by atoms with E-state index in [2.05, 4.69) is 31.4 Å². The monoisotopic (exact) mass is 308 g/mol. The van der Waals surface area contributed by atoms with Crippen LogP contribution in [-0.4, -0.2) is 21.5 Å². The molecule has 21 heavy (non-hydrogen) atoms. The molecule has 0 saturated carbocycles. The summed E-state index contributed by atoms with van der Waals surface area (Å²) in [7, 11) is 0. The summed E-state index contributed by atoms with van der Waals surface area (Å²) in [6.07, 6.45) is 1.93. The number of ether oxygens (including phenoxy) is 1. The molecule has 1 aromatic carbocycles. The molecule has 0 spiro atoms. The fourth-order valence-corrected chi connectivity index (χ4v) is 2.73. The number of rotatable bonds is 6. The Morgan fingerprint density at radius 2 is 2.05 bits per heavy atom. The number of hydrogen-bond donors (Lipinski definition) is 0. The Balaban J connectivity index is 2.68. The Labute approximate surface area is 132 Å². The van der Waals surface area contributed by atoms with Gasteiger partial charge in [0.1, 0.15) is 17.1 Å². The molecule has 1 heterocycles. The molecule has 2 aromatic rings. The van der Waals surface area contributed by atoms with E-state index in [0.717, 1.165) is 35.4 Å². The quantitative estimate of drug-likeness (QED) is 0.720. The predicted octanol–water partition coefficient (Wildman–Crippen LogP) is 4.75. The van der Waals surface area contributed by atoms with Gasteiger partial charge in [0.2, 0.25) is 0 Å². The molecule has 1 aromatic heterocycles. The third-order valence-electron chi connectivity index (χ3n) is 3.87. The van der Waals surface area contributed by atoms with Gasteiger partial charge in [-0.3, -0.25) is 0 Å². The highest BCUT2D eigenvalue weighted by atomic mass is 35.5. The molecule has 0 unspecified atom stereocenters. The molecular weight excluding hydrogens is 284 g/mol. The van der Waals surface area contributed by atoms with E-state index in [4.69, 9.17) is 21.3 Å². The maximum atomic E-state index is 5.97. The average Bonchev–Trinajstić information content (AvgIpc) is 2.78. The zero-order valence-electron chi connectivity index (χ0n) is 13.6. The number of aromatic nitrogens is 2. The number of hydrogen-bond acceptors (Lipinski definition) is 2. The van der Waals surface area contributed by atoms with Crippen LogP contribution in [0.2, 0.25) is 0 Å². The van der Waals surface area contributed by atoms with Gasteiger partial charge in [0, 0.05) is 17.8 Å². The molecule has 116 valence electrons. The van der Waals surface area contributed by atoms with Crippen LogP contribution in [0.25, 0.3) is 11.0 Å². The summed E-state index contributed by atoms with van der Waals surface area (Å²) in [5.41, 5.74) is 2.07. The number of para-hydroxylation sites is 1. The Hall–Kier alpha value is -1.22. The van der Waals surface area contributed by atoms with Crippen molar-refractivity contribution in [2.75, 3.05) is 5.88 Å². The van der Waals surface area contributed by atoms with Crippen LogP contribution in [0, 0.1) is 0 Å². The number of alkyl halides is 1. The normalized spacial score (nSPS) is 12.3. The second-order valence-electron chi connectivity index (χ2n) is 6.26.